The topological polar surface area (TPSA) is 29.5 Å². The van der Waals surface area contributed by atoms with E-state index >= 15 is 0 Å². The standard InChI is InChI=1S/C8H15F2NO.C3H4O.C2H2/c1-8(9,10)2-3-11-4-6-12-7-5-11;1-2-3-4;1-2/h2-7H2,1H3;2-3H,1H2;1-2H. The van der Waals surface area contributed by atoms with Gasteiger partial charge in [0.05, 0.1) is 13.2 Å². The summed E-state index contributed by atoms with van der Waals surface area (Å²) < 4.78 is 29.9. The number of allylic oxidation sites excluding steroid dienone is 1. The molecule has 0 unspecified atom stereocenters. The van der Waals surface area contributed by atoms with E-state index in [4.69, 9.17) is 9.53 Å². The number of hydrogen-bond donors (Lipinski definition) is 0. The molecule has 1 heterocycles. The van der Waals surface area contributed by atoms with Crippen molar-refractivity contribution in [3.8, 4) is 12.8 Å². The fraction of sp³-hybridized carbons (Fsp3) is 0.615. The lowest BCUT2D eigenvalue weighted by Crippen LogP contribution is -2.38. The third-order valence-electron chi connectivity index (χ3n) is 2.07. The largest absolute Gasteiger partial charge is 0.379 e. The number of hydrogen-bond acceptors (Lipinski definition) is 3. The van der Waals surface area contributed by atoms with Crippen molar-refractivity contribution in [2.45, 2.75) is 19.3 Å². The Kier molecular flexibility index (Phi) is 13.0. The average molecular weight is 261 g/mol. The summed E-state index contributed by atoms with van der Waals surface area (Å²) in [6.45, 7) is 7.48. The van der Waals surface area contributed by atoms with Crippen molar-refractivity contribution in [2.24, 2.45) is 0 Å². The maximum atomic E-state index is 12.4. The van der Waals surface area contributed by atoms with E-state index in [2.05, 4.69) is 19.4 Å². The van der Waals surface area contributed by atoms with Crippen LogP contribution in [0.1, 0.15) is 13.3 Å². The number of carbonyl (C=O) groups excluding carboxylic acids is 1. The number of aldehydes is 1. The van der Waals surface area contributed by atoms with Crippen LogP contribution in [0.2, 0.25) is 0 Å². The van der Waals surface area contributed by atoms with Crippen LogP contribution in [-0.2, 0) is 9.53 Å². The first-order valence-electron chi connectivity index (χ1n) is 5.57. The Balaban J connectivity index is 0. The van der Waals surface area contributed by atoms with Crippen LogP contribution >= 0.6 is 0 Å². The molecular weight excluding hydrogens is 240 g/mol. The fourth-order valence-corrected chi connectivity index (χ4v) is 1.18. The lowest BCUT2D eigenvalue weighted by molar-refractivity contribution is -0.104. The van der Waals surface area contributed by atoms with E-state index < -0.39 is 5.92 Å². The highest BCUT2D eigenvalue weighted by atomic mass is 19.3. The molecule has 0 aliphatic carbocycles. The molecule has 1 aliphatic heterocycles. The predicted octanol–water partition coefficient (Wildman–Crippen LogP) is 1.98. The summed E-state index contributed by atoms with van der Waals surface area (Å²) in [7, 11) is 0. The van der Waals surface area contributed by atoms with Gasteiger partial charge in [0.15, 0.2) is 0 Å². The van der Waals surface area contributed by atoms with Crippen molar-refractivity contribution >= 4 is 6.29 Å². The fourth-order valence-electron chi connectivity index (χ4n) is 1.18. The van der Waals surface area contributed by atoms with Crippen molar-refractivity contribution in [1.29, 1.82) is 0 Å². The third-order valence-corrected chi connectivity index (χ3v) is 2.07. The van der Waals surface area contributed by atoms with Crippen molar-refractivity contribution < 1.29 is 18.3 Å². The number of halogens is 2. The van der Waals surface area contributed by atoms with Gasteiger partial charge < -0.3 is 4.74 Å². The van der Waals surface area contributed by atoms with Gasteiger partial charge in [-0.3, -0.25) is 9.69 Å². The molecule has 0 spiro atoms. The van der Waals surface area contributed by atoms with E-state index in [0.29, 0.717) is 26.0 Å². The molecule has 0 aromatic heterocycles. The SMILES string of the molecule is C#C.C=CC=O.CC(F)(F)CCN1CCOCC1. The number of terminal acetylenes is 1. The molecule has 1 aliphatic rings. The smallest absolute Gasteiger partial charge is 0.246 e. The Morgan fingerprint density at radius 1 is 1.39 bits per heavy atom. The zero-order valence-corrected chi connectivity index (χ0v) is 10.8. The molecule has 0 amide bonds. The van der Waals surface area contributed by atoms with Gasteiger partial charge in [-0.2, -0.15) is 0 Å². The molecule has 0 N–H and O–H groups in total. The summed E-state index contributed by atoms with van der Waals surface area (Å²) in [6, 6.07) is 0. The summed E-state index contributed by atoms with van der Waals surface area (Å²) in [5, 5.41) is 0. The first-order chi connectivity index (χ1) is 8.49. The number of nitrogens with zero attached hydrogens (tertiary/aromatic N) is 1. The van der Waals surface area contributed by atoms with E-state index in [0.717, 1.165) is 20.0 Å². The van der Waals surface area contributed by atoms with Gasteiger partial charge in [0.25, 0.3) is 0 Å². The normalized spacial score (nSPS) is 15.4. The van der Waals surface area contributed by atoms with Crippen LogP contribution < -0.4 is 0 Å². The zero-order chi connectivity index (χ0) is 14.4. The van der Waals surface area contributed by atoms with Gasteiger partial charge in [-0.05, 0) is 13.0 Å². The molecule has 18 heavy (non-hydrogen) atoms. The second kappa shape index (κ2) is 12.2. The Morgan fingerprint density at radius 3 is 2.17 bits per heavy atom. The van der Waals surface area contributed by atoms with Crippen LogP contribution in [0.3, 0.4) is 0 Å². The average Bonchev–Trinajstić information content (AvgIpc) is 2.39. The Hall–Kier alpha value is -1.25. The Bertz CT molecular complexity index is 225. The number of morpholine rings is 1. The molecule has 5 heteroatoms. The summed E-state index contributed by atoms with van der Waals surface area (Å²) in [5.74, 6) is -2.53. The highest BCUT2D eigenvalue weighted by Crippen LogP contribution is 2.17. The zero-order valence-electron chi connectivity index (χ0n) is 10.8. The first kappa shape index (κ1) is 19.1. The van der Waals surface area contributed by atoms with Gasteiger partial charge in [0.2, 0.25) is 5.92 Å². The quantitative estimate of drug-likeness (QED) is 0.440. The molecule has 0 aromatic rings. The number of carbonyl (C=O) groups is 1. The van der Waals surface area contributed by atoms with Crippen molar-refractivity contribution in [3.63, 3.8) is 0 Å². The summed E-state index contributed by atoms with van der Waals surface area (Å²) in [4.78, 5) is 11.1. The molecule has 1 fully saturated rings. The molecular formula is C13H21F2NO2. The van der Waals surface area contributed by atoms with E-state index in [9.17, 15) is 8.78 Å². The molecule has 0 bridgehead atoms. The van der Waals surface area contributed by atoms with Crippen LogP contribution in [0, 0.1) is 12.8 Å². The Labute approximate surface area is 108 Å². The monoisotopic (exact) mass is 261 g/mol. The highest BCUT2D eigenvalue weighted by molar-refractivity contribution is 5.63. The van der Waals surface area contributed by atoms with E-state index in [-0.39, 0.29) is 6.42 Å². The van der Waals surface area contributed by atoms with E-state index in [1.807, 2.05) is 4.90 Å². The minimum atomic E-state index is -2.53. The summed E-state index contributed by atoms with van der Waals surface area (Å²) in [5.41, 5.74) is 0. The van der Waals surface area contributed by atoms with Crippen molar-refractivity contribution in [2.75, 3.05) is 32.8 Å². The van der Waals surface area contributed by atoms with Crippen molar-refractivity contribution in [1.82, 2.24) is 4.90 Å². The summed E-state index contributed by atoms with van der Waals surface area (Å²) >= 11 is 0. The van der Waals surface area contributed by atoms with E-state index in [1.54, 1.807) is 0 Å². The molecule has 1 saturated heterocycles. The molecule has 0 radical (unpaired) electrons. The lowest BCUT2D eigenvalue weighted by Gasteiger charge is -2.27. The van der Waals surface area contributed by atoms with Crippen LogP contribution in [0.4, 0.5) is 8.78 Å². The third kappa shape index (κ3) is 14.8. The van der Waals surface area contributed by atoms with Gasteiger partial charge >= 0.3 is 0 Å². The van der Waals surface area contributed by atoms with Gasteiger partial charge in [0, 0.05) is 26.1 Å². The molecule has 3 nitrogen and oxygen atoms in total. The number of alkyl halides is 2. The molecule has 0 saturated carbocycles. The van der Waals surface area contributed by atoms with Gasteiger partial charge in [-0.25, -0.2) is 8.78 Å². The Morgan fingerprint density at radius 2 is 1.83 bits per heavy atom. The van der Waals surface area contributed by atoms with E-state index in [1.165, 1.54) is 6.08 Å². The summed E-state index contributed by atoms with van der Waals surface area (Å²) in [6.07, 6.45) is 9.78. The van der Waals surface area contributed by atoms with Gasteiger partial charge in [-0.15, -0.1) is 12.8 Å². The predicted molar refractivity (Wildman–Crippen MR) is 68.6 cm³/mol. The lowest BCUT2D eigenvalue weighted by atomic mass is 10.2. The molecule has 1 rings (SSSR count). The maximum absolute atomic E-state index is 12.4. The molecule has 104 valence electrons. The second-order valence-corrected chi connectivity index (χ2v) is 3.65. The minimum absolute atomic E-state index is 0.0486. The van der Waals surface area contributed by atoms with Gasteiger partial charge in [-0.1, -0.05) is 6.58 Å². The van der Waals surface area contributed by atoms with Crippen LogP contribution in [0.25, 0.3) is 0 Å². The minimum Gasteiger partial charge on any atom is -0.379 e. The second-order valence-electron chi connectivity index (χ2n) is 3.65. The number of ether oxygens (including phenoxy) is 1. The highest BCUT2D eigenvalue weighted by Gasteiger charge is 2.22. The van der Waals surface area contributed by atoms with Crippen molar-refractivity contribution in [3.05, 3.63) is 12.7 Å². The maximum Gasteiger partial charge on any atom is 0.246 e. The van der Waals surface area contributed by atoms with Crippen LogP contribution in [0.5, 0.6) is 0 Å². The number of rotatable bonds is 4. The molecule has 0 aromatic carbocycles. The van der Waals surface area contributed by atoms with Gasteiger partial charge in [0.1, 0.15) is 6.29 Å². The van der Waals surface area contributed by atoms with Crippen LogP contribution in [-0.4, -0.2) is 50.0 Å². The first-order valence-corrected chi connectivity index (χ1v) is 5.57. The molecule has 0 atom stereocenters. The van der Waals surface area contributed by atoms with Crippen LogP contribution in [0.15, 0.2) is 12.7 Å².